The van der Waals surface area contributed by atoms with Crippen molar-refractivity contribution >= 4 is 17.4 Å². The van der Waals surface area contributed by atoms with E-state index in [4.69, 9.17) is 4.74 Å². The van der Waals surface area contributed by atoms with Gasteiger partial charge >= 0.3 is 6.03 Å². The molecule has 0 spiro atoms. The summed E-state index contributed by atoms with van der Waals surface area (Å²) in [6.07, 6.45) is 2.50. The molecule has 0 bridgehead atoms. The van der Waals surface area contributed by atoms with Gasteiger partial charge in [-0.25, -0.2) is 9.78 Å². The number of urea groups is 1. The summed E-state index contributed by atoms with van der Waals surface area (Å²) in [5.41, 5.74) is 2.35. The van der Waals surface area contributed by atoms with E-state index in [-0.39, 0.29) is 18.0 Å². The summed E-state index contributed by atoms with van der Waals surface area (Å²) >= 11 is 1.62. The zero-order valence-corrected chi connectivity index (χ0v) is 14.4. The summed E-state index contributed by atoms with van der Waals surface area (Å²) in [5, 5.41) is 9.01. The minimum Gasteiger partial charge on any atom is -0.493 e. The first-order valence-corrected chi connectivity index (χ1v) is 9.29. The molecular weight excluding hydrogens is 322 g/mol. The third-order valence-electron chi connectivity index (χ3n) is 4.66. The average molecular weight is 343 g/mol. The summed E-state index contributed by atoms with van der Waals surface area (Å²) < 4.78 is 5.69. The number of benzene rings is 1. The molecule has 2 amide bonds. The molecule has 0 saturated heterocycles. The van der Waals surface area contributed by atoms with Gasteiger partial charge in [0.2, 0.25) is 0 Å². The van der Waals surface area contributed by atoms with Gasteiger partial charge in [-0.05, 0) is 25.8 Å². The van der Waals surface area contributed by atoms with Crippen LogP contribution in [0.1, 0.15) is 47.9 Å². The Labute approximate surface area is 145 Å². The molecule has 1 aliphatic carbocycles. The second kappa shape index (κ2) is 6.43. The van der Waals surface area contributed by atoms with Crippen molar-refractivity contribution in [3.05, 3.63) is 45.9 Å². The first-order valence-electron chi connectivity index (χ1n) is 8.41. The lowest BCUT2D eigenvalue weighted by Gasteiger charge is -2.20. The average Bonchev–Trinajstić information content (AvgIpc) is 3.17. The van der Waals surface area contributed by atoms with E-state index in [1.54, 1.807) is 11.3 Å². The molecule has 2 aromatic rings. The molecule has 0 radical (unpaired) electrons. The number of nitrogens with one attached hydrogen (secondary N) is 2. The number of hydrogen-bond acceptors (Lipinski definition) is 4. The lowest BCUT2D eigenvalue weighted by molar-refractivity contribution is 0.232. The van der Waals surface area contributed by atoms with Gasteiger partial charge in [-0.1, -0.05) is 18.2 Å². The number of rotatable bonds is 5. The van der Waals surface area contributed by atoms with E-state index in [1.165, 1.54) is 24.1 Å². The predicted molar refractivity (Wildman–Crippen MR) is 93.6 cm³/mol. The van der Waals surface area contributed by atoms with Crippen molar-refractivity contribution in [2.24, 2.45) is 0 Å². The van der Waals surface area contributed by atoms with Crippen LogP contribution in [0.15, 0.2) is 29.6 Å². The van der Waals surface area contributed by atoms with Gasteiger partial charge < -0.3 is 15.4 Å². The summed E-state index contributed by atoms with van der Waals surface area (Å²) in [5.74, 6) is 1.77. The Morgan fingerprint density at radius 2 is 2.25 bits per heavy atom. The Kier molecular flexibility index (Phi) is 4.14. The van der Waals surface area contributed by atoms with E-state index in [1.807, 2.05) is 25.1 Å². The van der Waals surface area contributed by atoms with Crippen LogP contribution >= 0.6 is 11.3 Å². The van der Waals surface area contributed by atoms with E-state index in [2.05, 4.69) is 27.1 Å². The van der Waals surface area contributed by atoms with Gasteiger partial charge in [0.25, 0.3) is 0 Å². The Bertz CT molecular complexity index is 741. The number of nitrogens with zero attached hydrogens (tertiary/aromatic N) is 1. The number of thiazole rings is 1. The highest BCUT2D eigenvalue weighted by molar-refractivity contribution is 7.09. The van der Waals surface area contributed by atoms with Crippen LogP contribution < -0.4 is 15.4 Å². The maximum atomic E-state index is 12.2. The zero-order valence-electron chi connectivity index (χ0n) is 13.6. The van der Waals surface area contributed by atoms with Gasteiger partial charge in [-0.3, -0.25) is 0 Å². The van der Waals surface area contributed by atoms with E-state index in [0.717, 1.165) is 10.8 Å². The van der Waals surface area contributed by atoms with E-state index >= 15 is 0 Å². The maximum Gasteiger partial charge on any atom is 0.315 e. The van der Waals surface area contributed by atoms with Crippen molar-refractivity contribution in [3.8, 4) is 5.75 Å². The quantitative estimate of drug-likeness (QED) is 0.875. The Morgan fingerprint density at radius 1 is 1.42 bits per heavy atom. The Balaban J connectivity index is 1.29. The molecule has 2 atom stereocenters. The highest BCUT2D eigenvalue weighted by Gasteiger charge is 2.29. The molecule has 24 heavy (non-hydrogen) atoms. The number of carbonyl (C=O) groups is 1. The number of fused-ring (bicyclic) bond motifs is 1. The van der Waals surface area contributed by atoms with Gasteiger partial charge in [0, 0.05) is 28.8 Å². The topological polar surface area (TPSA) is 63.2 Å². The molecule has 5 nitrogen and oxygen atoms in total. The number of hydrogen-bond donors (Lipinski definition) is 2. The number of amides is 2. The van der Waals surface area contributed by atoms with Crippen LogP contribution in [-0.4, -0.2) is 23.7 Å². The molecule has 2 N–H and O–H groups in total. The predicted octanol–water partition coefficient (Wildman–Crippen LogP) is 3.38. The minimum atomic E-state index is -0.157. The second-order valence-corrected chi connectivity index (χ2v) is 7.45. The lowest BCUT2D eigenvalue weighted by Crippen LogP contribution is -2.43. The monoisotopic (exact) mass is 343 g/mol. The molecule has 2 aliphatic rings. The van der Waals surface area contributed by atoms with Gasteiger partial charge in [-0.2, -0.15) is 0 Å². The van der Waals surface area contributed by atoms with Crippen molar-refractivity contribution in [1.82, 2.24) is 15.6 Å². The fourth-order valence-corrected chi connectivity index (χ4v) is 3.90. The van der Waals surface area contributed by atoms with Crippen molar-refractivity contribution in [1.29, 1.82) is 0 Å². The summed E-state index contributed by atoms with van der Waals surface area (Å²) in [4.78, 5) is 16.7. The molecular formula is C18H21N3O2S. The second-order valence-electron chi connectivity index (χ2n) is 6.51. The van der Waals surface area contributed by atoms with Gasteiger partial charge in [-0.15, -0.1) is 11.3 Å². The third kappa shape index (κ3) is 3.24. The molecule has 1 aromatic heterocycles. The molecule has 126 valence electrons. The molecule has 1 fully saturated rings. The van der Waals surface area contributed by atoms with Crippen molar-refractivity contribution < 1.29 is 9.53 Å². The van der Waals surface area contributed by atoms with Crippen LogP contribution in [-0.2, 0) is 6.54 Å². The number of carbonyl (C=O) groups excluding carboxylic acids is 1. The van der Waals surface area contributed by atoms with Gasteiger partial charge in [0.1, 0.15) is 10.8 Å². The van der Waals surface area contributed by atoms with Crippen LogP contribution in [0.4, 0.5) is 4.79 Å². The smallest absolute Gasteiger partial charge is 0.315 e. The number of ether oxygens (including phenoxy) is 1. The number of aromatic nitrogens is 1. The van der Waals surface area contributed by atoms with Crippen LogP contribution in [0.2, 0.25) is 0 Å². The van der Waals surface area contributed by atoms with E-state index in [9.17, 15) is 4.79 Å². The molecule has 1 saturated carbocycles. The molecule has 4 rings (SSSR count). The molecule has 0 unspecified atom stereocenters. The summed E-state index contributed by atoms with van der Waals surface area (Å²) in [7, 11) is 0. The minimum absolute atomic E-state index is 0.00645. The van der Waals surface area contributed by atoms with Gasteiger partial charge in [0.15, 0.2) is 0 Å². The standard InChI is InChI=1S/C18H21N3O2S/c1-11(14-9-23-16-5-3-2-4-13(14)16)20-18(22)19-8-17-21-15(10-24-17)12-6-7-12/h2-5,10-12,14H,6-9H2,1H3,(H2,19,20,22)/t11-,14-/m1/s1. The highest BCUT2D eigenvalue weighted by atomic mass is 32.1. The van der Waals surface area contributed by atoms with Crippen molar-refractivity contribution in [2.75, 3.05) is 6.61 Å². The molecule has 1 aromatic carbocycles. The summed E-state index contributed by atoms with van der Waals surface area (Å²) in [6, 6.07) is 7.87. The largest absolute Gasteiger partial charge is 0.493 e. The van der Waals surface area contributed by atoms with E-state index < -0.39 is 0 Å². The van der Waals surface area contributed by atoms with Gasteiger partial charge in [0.05, 0.1) is 18.8 Å². The molecule has 6 heteroatoms. The first-order chi connectivity index (χ1) is 11.7. The lowest BCUT2D eigenvalue weighted by atomic mass is 9.94. The van der Waals surface area contributed by atoms with Crippen LogP contribution in [0, 0.1) is 0 Å². The van der Waals surface area contributed by atoms with E-state index in [0.29, 0.717) is 19.1 Å². The van der Waals surface area contributed by atoms with Crippen LogP contribution in [0.3, 0.4) is 0 Å². The van der Waals surface area contributed by atoms with Crippen molar-refractivity contribution in [3.63, 3.8) is 0 Å². The zero-order chi connectivity index (χ0) is 16.5. The summed E-state index contributed by atoms with van der Waals surface area (Å²) in [6.45, 7) is 3.11. The normalized spacial score (nSPS) is 20.1. The molecule has 2 heterocycles. The molecule has 1 aliphatic heterocycles. The van der Waals surface area contributed by atoms with Crippen LogP contribution in [0.25, 0.3) is 0 Å². The fraction of sp³-hybridized carbons (Fsp3) is 0.444. The fourth-order valence-electron chi connectivity index (χ4n) is 3.09. The third-order valence-corrected chi connectivity index (χ3v) is 5.53. The SMILES string of the molecule is C[C@@H](NC(=O)NCc1nc(C2CC2)cs1)[C@H]1COc2ccccc21. The highest BCUT2D eigenvalue weighted by Crippen LogP contribution is 2.40. The number of para-hydroxylation sites is 1. The Hall–Kier alpha value is -2.08. The first kappa shape index (κ1) is 15.4. The Morgan fingerprint density at radius 3 is 3.08 bits per heavy atom. The van der Waals surface area contributed by atoms with Crippen LogP contribution in [0.5, 0.6) is 5.75 Å². The van der Waals surface area contributed by atoms with Crippen molar-refractivity contribution in [2.45, 2.75) is 44.2 Å². The maximum absolute atomic E-state index is 12.2.